The predicted octanol–water partition coefficient (Wildman–Crippen LogP) is 4.04. The Bertz CT molecular complexity index is 361. The molecule has 0 spiro atoms. The highest BCUT2D eigenvalue weighted by Crippen LogP contribution is 2.37. The molecule has 2 rings (SSSR count). The van der Waals surface area contributed by atoms with Gasteiger partial charge < -0.3 is 5.32 Å². The lowest BCUT2D eigenvalue weighted by atomic mass is 9.91. The number of halogens is 2. The van der Waals surface area contributed by atoms with Crippen LogP contribution in [0.15, 0.2) is 22.7 Å². The molecule has 0 heterocycles. The highest BCUT2D eigenvalue weighted by molar-refractivity contribution is 9.10. The van der Waals surface area contributed by atoms with Crippen LogP contribution in [0.4, 0.5) is 4.39 Å². The van der Waals surface area contributed by atoms with Gasteiger partial charge in [-0.15, -0.1) is 0 Å². The van der Waals surface area contributed by atoms with E-state index in [1.807, 2.05) is 19.2 Å². The van der Waals surface area contributed by atoms with E-state index < -0.39 is 0 Å². The SMILES string of the molecule is CNC(c1cccc(Br)c1F)C1CCCC1. The summed E-state index contributed by atoms with van der Waals surface area (Å²) in [6, 6.07) is 5.70. The monoisotopic (exact) mass is 285 g/mol. The van der Waals surface area contributed by atoms with Crippen molar-refractivity contribution in [3.8, 4) is 0 Å². The fourth-order valence-corrected chi connectivity index (χ4v) is 3.08. The third-order valence-electron chi connectivity index (χ3n) is 3.50. The van der Waals surface area contributed by atoms with Crippen LogP contribution >= 0.6 is 15.9 Å². The second-order valence-electron chi connectivity index (χ2n) is 4.45. The van der Waals surface area contributed by atoms with Gasteiger partial charge in [-0.1, -0.05) is 25.0 Å². The fraction of sp³-hybridized carbons (Fsp3) is 0.538. The number of hydrogen-bond acceptors (Lipinski definition) is 1. The van der Waals surface area contributed by atoms with Crippen molar-refractivity contribution >= 4 is 15.9 Å². The normalized spacial score (nSPS) is 18.9. The number of rotatable bonds is 3. The van der Waals surface area contributed by atoms with Gasteiger partial charge in [0.25, 0.3) is 0 Å². The fourth-order valence-electron chi connectivity index (χ4n) is 2.70. The molecule has 1 N–H and O–H groups in total. The van der Waals surface area contributed by atoms with E-state index in [2.05, 4.69) is 21.2 Å². The minimum atomic E-state index is -0.117. The molecule has 1 aliphatic rings. The average Bonchev–Trinajstić information content (AvgIpc) is 2.79. The predicted molar refractivity (Wildman–Crippen MR) is 67.9 cm³/mol. The zero-order valence-electron chi connectivity index (χ0n) is 9.47. The van der Waals surface area contributed by atoms with Crippen molar-refractivity contribution in [3.63, 3.8) is 0 Å². The van der Waals surface area contributed by atoms with Gasteiger partial charge in [0, 0.05) is 11.6 Å². The lowest BCUT2D eigenvalue weighted by Gasteiger charge is -2.24. The molecular weight excluding hydrogens is 269 g/mol. The molecule has 0 saturated heterocycles. The molecule has 1 fully saturated rings. The van der Waals surface area contributed by atoms with Crippen molar-refractivity contribution < 1.29 is 4.39 Å². The second-order valence-corrected chi connectivity index (χ2v) is 5.31. The van der Waals surface area contributed by atoms with Gasteiger partial charge in [-0.2, -0.15) is 0 Å². The quantitative estimate of drug-likeness (QED) is 0.884. The molecular formula is C13H17BrFN. The largest absolute Gasteiger partial charge is 0.313 e. The Morgan fingerprint density at radius 2 is 2.06 bits per heavy atom. The lowest BCUT2D eigenvalue weighted by Crippen LogP contribution is -2.24. The van der Waals surface area contributed by atoms with Crippen LogP contribution in [0.3, 0.4) is 0 Å². The van der Waals surface area contributed by atoms with Gasteiger partial charge in [-0.3, -0.25) is 0 Å². The summed E-state index contributed by atoms with van der Waals surface area (Å²) in [5.74, 6) is 0.461. The molecule has 16 heavy (non-hydrogen) atoms. The zero-order valence-corrected chi connectivity index (χ0v) is 11.1. The first kappa shape index (κ1) is 12.1. The summed E-state index contributed by atoms with van der Waals surface area (Å²) >= 11 is 3.25. The second kappa shape index (κ2) is 5.28. The maximum absolute atomic E-state index is 14.0. The summed E-state index contributed by atoms with van der Waals surface area (Å²) in [5, 5.41) is 3.27. The average molecular weight is 286 g/mol. The van der Waals surface area contributed by atoms with E-state index in [1.54, 1.807) is 6.07 Å². The van der Waals surface area contributed by atoms with Gasteiger partial charge in [-0.25, -0.2) is 4.39 Å². The van der Waals surface area contributed by atoms with Crippen molar-refractivity contribution in [2.45, 2.75) is 31.7 Å². The Hall–Kier alpha value is -0.410. The first-order valence-electron chi connectivity index (χ1n) is 5.85. The molecule has 3 heteroatoms. The molecule has 1 aromatic carbocycles. The van der Waals surface area contributed by atoms with Crippen molar-refractivity contribution in [2.75, 3.05) is 7.05 Å². The van der Waals surface area contributed by atoms with E-state index in [-0.39, 0.29) is 11.9 Å². The molecule has 0 aliphatic heterocycles. The van der Waals surface area contributed by atoms with Gasteiger partial charge in [-0.05, 0) is 47.8 Å². The summed E-state index contributed by atoms with van der Waals surface area (Å²) in [4.78, 5) is 0. The molecule has 0 aromatic heterocycles. The Balaban J connectivity index is 2.28. The van der Waals surface area contributed by atoms with Crippen LogP contribution in [0.1, 0.15) is 37.3 Å². The van der Waals surface area contributed by atoms with Crippen LogP contribution in [0.25, 0.3) is 0 Å². The third-order valence-corrected chi connectivity index (χ3v) is 4.11. The maximum Gasteiger partial charge on any atom is 0.142 e. The van der Waals surface area contributed by atoms with E-state index in [1.165, 1.54) is 25.7 Å². The van der Waals surface area contributed by atoms with Gasteiger partial charge in [0.2, 0.25) is 0 Å². The molecule has 1 nitrogen and oxygen atoms in total. The molecule has 0 bridgehead atoms. The van der Waals surface area contributed by atoms with E-state index in [4.69, 9.17) is 0 Å². The van der Waals surface area contributed by atoms with Crippen LogP contribution in [0.5, 0.6) is 0 Å². The highest BCUT2D eigenvalue weighted by Gasteiger charge is 2.27. The van der Waals surface area contributed by atoms with Crippen molar-refractivity contribution in [2.24, 2.45) is 5.92 Å². The summed E-state index contributed by atoms with van der Waals surface area (Å²) in [6.07, 6.45) is 4.96. The Labute approximate surface area is 105 Å². The van der Waals surface area contributed by atoms with Crippen molar-refractivity contribution in [1.82, 2.24) is 5.32 Å². The maximum atomic E-state index is 14.0. The molecule has 1 unspecified atom stereocenters. The molecule has 1 atom stereocenters. The topological polar surface area (TPSA) is 12.0 Å². The minimum Gasteiger partial charge on any atom is -0.313 e. The van der Waals surface area contributed by atoms with E-state index >= 15 is 0 Å². The number of benzene rings is 1. The van der Waals surface area contributed by atoms with Gasteiger partial charge in [0.05, 0.1) is 4.47 Å². The van der Waals surface area contributed by atoms with Crippen LogP contribution in [-0.2, 0) is 0 Å². The van der Waals surface area contributed by atoms with Crippen molar-refractivity contribution in [1.29, 1.82) is 0 Å². The van der Waals surface area contributed by atoms with E-state index in [0.29, 0.717) is 10.4 Å². The first-order chi connectivity index (χ1) is 7.74. The number of hydrogen-bond donors (Lipinski definition) is 1. The minimum absolute atomic E-state index is 0.117. The molecule has 1 saturated carbocycles. The van der Waals surface area contributed by atoms with Crippen LogP contribution < -0.4 is 5.32 Å². The Morgan fingerprint density at radius 3 is 2.69 bits per heavy atom. The summed E-state index contributed by atoms with van der Waals surface area (Å²) in [6.45, 7) is 0. The summed E-state index contributed by atoms with van der Waals surface area (Å²) in [5.41, 5.74) is 0.795. The Morgan fingerprint density at radius 1 is 1.38 bits per heavy atom. The summed E-state index contributed by atoms with van der Waals surface area (Å²) in [7, 11) is 1.92. The molecule has 0 radical (unpaired) electrons. The Kier molecular flexibility index (Phi) is 3.98. The molecule has 0 amide bonds. The number of nitrogens with one attached hydrogen (secondary N) is 1. The molecule has 88 valence electrons. The lowest BCUT2D eigenvalue weighted by molar-refractivity contribution is 0.377. The third kappa shape index (κ3) is 2.30. The van der Waals surface area contributed by atoms with E-state index in [9.17, 15) is 4.39 Å². The van der Waals surface area contributed by atoms with Gasteiger partial charge in [0.1, 0.15) is 5.82 Å². The highest BCUT2D eigenvalue weighted by atomic mass is 79.9. The van der Waals surface area contributed by atoms with E-state index in [0.717, 1.165) is 5.56 Å². The molecule has 1 aliphatic carbocycles. The first-order valence-corrected chi connectivity index (χ1v) is 6.64. The molecule has 1 aromatic rings. The van der Waals surface area contributed by atoms with Gasteiger partial charge >= 0.3 is 0 Å². The van der Waals surface area contributed by atoms with Crippen molar-refractivity contribution in [3.05, 3.63) is 34.1 Å². The van der Waals surface area contributed by atoms with Gasteiger partial charge in [0.15, 0.2) is 0 Å². The standard InChI is InChI=1S/C13H17BrFN/c1-16-13(9-5-2-3-6-9)10-7-4-8-11(14)12(10)15/h4,7-9,13,16H,2-3,5-6H2,1H3. The zero-order chi connectivity index (χ0) is 11.5. The van der Waals surface area contributed by atoms with Crippen LogP contribution in [-0.4, -0.2) is 7.05 Å². The smallest absolute Gasteiger partial charge is 0.142 e. The van der Waals surface area contributed by atoms with Crippen LogP contribution in [0, 0.1) is 11.7 Å². The summed E-state index contributed by atoms with van der Waals surface area (Å²) < 4.78 is 14.6. The van der Waals surface area contributed by atoms with Crippen LogP contribution in [0.2, 0.25) is 0 Å².